The molecule has 0 aliphatic rings. The summed E-state index contributed by atoms with van der Waals surface area (Å²) in [6, 6.07) is 13.8. The van der Waals surface area contributed by atoms with E-state index in [0.717, 1.165) is 36.2 Å². The Balaban J connectivity index is 1.75. The van der Waals surface area contributed by atoms with E-state index >= 15 is 0 Å². The molecule has 0 unspecified atom stereocenters. The van der Waals surface area contributed by atoms with Gasteiger partial charge in [-0.05, 0) is 80.4 Å². The number of nitrogens with zero attached hydrogens (tertiary/aromatic N) is 1. The van der Waals surface area contributed by atoms with Crippen molar-refractivity contribution in [1.82, 2.24) is 10.3 Å². The Morgan fingerprint density at radius 1 is 1.15 bits per heavy atom. The van der Waals surface area contributed by atoms with Gasteiger partial charge in [0.25, 0.3) is 5.91 Å². The molecule has 1 atom stereocenters. The molecule has 3 rings (SSSR count). The lowest BCUT2D eigenvalue weighted by atomic mass is 10.0. The van der Waals surface area contributed by atoms with Gasteiger partial charge >= 0.3 is 0 Å². The fourth-order valence-corrected chi connectivity index (χ4v) is 4.17. The van der Waals surface area contributed by atoms with Crippen molar-refractivity contribution in [2.24, 2.45) is 0 Å². The Morgan fingerprint density at radius 2 is 1.97 bits per heavy atom. The second-order valence-corrected chi connectivity index (χ2v) is 9.03. The van der Waals surface area contributed by atoms with Gasteiger partial charge in [-0.2, -0.15) is 0 Å². The van der Waals surface area contributed by atoms with E-state index in [-0.39, 0.29) is 12.0 Å². The second kappa shape index (κ2) is 13.0. The van der Waals surface area contributed by atoms with Gasteiger partial charge in [0.05, 0.1) is 6.61 Å². The summed E-state index contributed by atoms with van der Waals surface area (Å²) in [5.74, 6) is 0.418. The molecule has 34 heavy (non-hydrogen) atoms. The summed E-state index contributed by atoms with van der Waals surface area (Å²) in [5.41, 5.74) is 3.64. The molecule has 3 aromatic rings. The first kappa shape index (κ1) is 25.6. The zero-order valence-electron chi connectivity index (χ0n) is 19.6. The third-order valence-electron chi connectivity index (χ3n) is 4.84. The van der Waals surface area contributed by atoms with E-state index in [0.29, 0.717) is 28.2 Å². The summed E-state index contributed by atoms with van der Waals surface area (Å²) < 4.78 is 11.2. The maximum atomic E-state index is 12.9. The number of anilines is 2. The Labute approximate surface area is 209 Å². The molecule has 0 bridgehead atoms. The highest BCUT2D eigenvalue weighted by atomic mass is 32.1. The first-order valence-electron chi connectivity index (χ1n) is 11.1. The van der Waals surface area contributed by atoms with E-state index in [1.165, 1.54) is 11.3 Å². The van der Waals surface area contributed by atoms with Gasteiger partial charge in [0.2, 0.25) is 0 Å². The summed E-state index contributed by atoms with van der Waals surface area (Å²) in [5, 5.41) is 12.1. The molecule has 0 spiro atoms. The van der Waals surface area contributed by atoms with Crippen LogP contribution in [0.5, 0.6) is 5.75 Å². The number of carbonyl (C=O) groups is 1. The quantitative estimate of drug-likeness (QED) is 0.324. The highest BCUT2D eigenvalue weighted by Gasteiger charge is 2.13. The van der Waals surface area contributed by atoms with Crippen LogP contribution in [0.4, 0.5) is 10.8 Å². The molecule has 0 fully saturated rings. The van der Waals surface area contributed by atoms with Gasteiger partial charge in [0.1, 0.15) is 11.9 Å². The number of amides is 1. The molecular formula is C25H30N4O3S2. The van der Waals surface area contributed by atoms with Crippen LogP contribution in [0, 0.1) is 0 Å². The lowest BCUT2D eigenvalue weighted by Crippen LogP contribution is -2.27. The van der Waals surface area contributed by atoms with Gasteiger partial charge in [0.15, 0.2) is 10.2 Å². The fraction of sp³-hybridized carbons (Fsp3) is 0.320. The van der Waals surface area contributed by atoms with Crippen LogP contribution in [0.3, 0.4) is 0 Å². The Kier molecular flexibility index (Phi) is 9.81. The largest absolute Gasteiger partial charge is 0.488 e. The zero-order valence-corrected chi connectivity index (χ0v) is 21.2. The van der Waals surface area contributed by atoms with Crippen molar-refractivity contribution in [3.63, 3.8) is 0 Å². The van der Waals surface area contributed by atoms with Crippen LogP contribution in [-0.4, -0.2) is 42.4 Å². The predicted molar refractivity (Wildman–Crippen MR) is 142 cm³/mol. The number of aryl methyl sites for hydroxylation is 2. The van der Waals surface area contributed by atoms with E-state index in [9.17, 15) is 4.79 Å². The summed E-state index contributed by atoms with van der Waals surface area (Å²) >= 11 is 6.66. The van der Waals surface area contributed by atoms with Gasteiger partial charge in [-0.25, -0.2) is 4.98 Å². The van der Waals surface area contributed by atoms with Crippen LogP contribution < -0.4 is 20.7 Å². The van der Waals surface area contributed by atoms with Gasteiger partial charge in [-0.1, -0.05) is 12.1 Å². The average molecular weight is 499 g/mol. The van der Waals surface area contributed by atoms with Crippen molar-refractivity contribution in [3.8, 4) is 5.75 Å². The van der Waals surface area contributed by atoms with Crippen molar-refractivity contribution >= 4 is 45.4 Å². The minimum atomic E-state index is -0.218. The lowest BCUT2D eigenvalue weighted by Gasteiger charge is -2.16. The number of nitrogens with one attached hydrogen (secondary N) is 3. The van der Waals surface area contributed by atoms with E-state index in [1.807, 2.05) is 43.5 Å². The van der Waals surface area contributed by atoms with Crippen molar-refractivity contribution in [1.29, 1.82) is 0 Å². The summed E-state index contributed by atoms with van der Waals surface area (Å²) in [6.45, 7) is 5.16. The van der Waals surface area contributed by atoms with Gasteiger partial charge in [-0.3, -0.25) is 10.1 Å². The molecule has 2 aromatic carbocycles. The Bertz CT molecular complexity index is 1090. The number of methoxy groups -OCH3 is 1. The average Bonchev–Trinajstić information content (AvgIpc) is 3.31. The van der Waals surface area contributed by atoms with E-state index in [1.54, 1.807) is 19.4 Å². The number of hydrogen-bond donors (Lipinski definition) is 3. The summed E-state index contributed by atoms with van der Waals surface area (Å²) in [4.78, 5) is 17.0. The second-order valence-electron chi connectivity index (χ2n) is 7.73. The molecule has 7 nitrogen and oxygen atoms in total. The molecule has 3 N–H and O–H groups in total. The van der Waals surface area contributed by atoms with Crippen LogP contribution >= 0.6 is 23.6 Å². The van der Waals surface area contributed by atoms with Gasteiger partial charge in [0, 0.05) is 36.5 Å². The summed E-state index contributed by atoms with van der Waals surface area (Å²) in [6.07, 6.45) is 3.06. The Hall–Kier alpha value is -3.01. The first-order valence-corrected chi connectivity index (χ1v) is 12.4. The number of ether oxygens (including phenoxy) is 2. The first-order chi connectivity index (χ1) is 16.5. The van der Waals surface area contributed by atoms with Crippen molar-refractivity contribution < 1.29 is 14.3 Å². The predicted octanol–water partition coefficient (Wildman–Crippen LogP) is 4.90. The van der Waals surface area contributed by atoms with Crippen LogP contribution in [0.1, 0.15) is 35.3 Å². The number of thiazole rings is 1. The number of benzene rings is 2. The van der Waals surface area contributed by atoms with Crippen molar-refractivity contribution in [2.45, 2.75) is 32.8 Å². The zero-order chi connectivity index (χ0) is 24.3. The standard InChI is InChI=1S/C25H30N4O3S2/c1-4-26-24(33)28-21-7-5-6-18(13-21)8-9-19-12-20(23(30)29-25-27-10-11-34-25)15-22(14-19)32-17(2)16-31-3/h5-7,10-15,17H,4,8-9,16H2,1-3H3,(H2,26,28,33)(H,27,29,30)/t17-/m0/s1. The number of carbonyl (C=O) groups excluding carboxylic acids is 1. The molecule has 1 heterocycles. The van der Waals surface area contributed by atoms with E-state index in [4.69, 9.17) is 21.7 Å². The SMILES string of the molecule is CCNC(=S)Nc1cccc(CCc2cc(O[C@@H](C)COC)cc(C(=O)Nc3nccs3)c2)c1. The van der Waals surface area contributed by atoms with Crippen LogP contribution in [0.25, 0.3) is 0 Å². The topological polar surface area (TPSA) is 84.5 Å². The van der Waals surface area contributed by atoms with Crippen LogP contribution in [0.2, 0.25) is 0 Å². The van der Waals surface area contributed by atoms with Crippen molar-refractivity contribution in [3.05, 3.63) is 70.7 Å². The molecule has 0 saturated heterocycles. The molecule has 0 radical (unpaired) electrons. The van der Waals surface area contributed by atoms with Gasteiger partial charge < -0.3 is 20.1 Å². The fourth-order valence-electron chi connectivity index (χ4n) is 3.39. The van der Waals surface area contributed by atoms with Crippen LogP contribution in [-0.2, 0) is 17.6 Å². The third-order valence-corrected chi connectivity index (χ3v) is 5.78. The number of rotatable bonds is 11. The maximum Gasteiger partial charge on any atom is 0.257 e. The van der Waals surface area contributed by atoms with E-state index in [2.05, 4.69) is 33.1 Å². The molecule has 0 aliphatic heterocycles. The minimum absolute atomic E-state index is 0.140. The number of aromatic nitrogens is 1. The Morgan fingerprint density at radius 3 is 2.71 bits per heavy atom. The number of thiocarbonyl (C=S) groups is 1. The molecule has 0 saturated carbocycles. The molecule has 9 heteroatoms. The molecular weight excluding hydrogens is 468 g/mol. The monoisotopic (exact) mass is 498 g/mol. The smallest absolute Gasteiger partial charge is 0.257 e. The maximum absolute atomic E-state index is 12.9. The van der Waals surface area contributed by atoms with E-state index < -0.39 is 0 Å². The third kappa shape index (κ3) is 8.09. The minimum Gasteiger partial charge on any atom is -0.488 e. The molecule has 1 amide bonds. The lowest BCUT2D eigenvalue weighted by molar-refractivity contribution is 0.0916. The molecule has 1 aromatic heterocycles. The van der Waals surface area contributed by atoms with Crippen molar-refractivity contribution in [2.75, 3.05) is 30.9 Å². The van der Waals surface area contributed by atoms with Gasteiger partial charge in [-0.15, -0.1) is 11.3 Å². The summed E-state index contributed by atoms with van der Waals surface area (Å²) in [7, 11) is 1.64. The van der Waals surface area contributed by atoms with Crippen LogP contribution in [0.15, 0.2) is 54.0 Å². The molecule has 0 aliphatic carbocycles. The number of hydrogen-bond acceptors (Lipinski definition) is 6. The molecule has 180 valence electrons. The highest BCUT2D eigenvalue weighted by Crippen LogP contribution is 2.22. The highest BCUT2D eigenvalue weighted by molar-refractivity contribution is 7.80. The normalized spacial score (nSPS) is 11.5.